The van der Waals surface area contributed by atoms with Crippen LogP contribution in [0.25, 0.3) is 11.0 Å². The van der Waals surface area contributed by atoms with Crippen LogP contribution in [0.5, 0.6) is 0 Å². The molecule has 1 saturated heterocycles. The van der Waals surface area contributed by atoms with Crippen LogP contribution in [0, 0.1) is 0 Å². The van der Waals surface area contributed by atoms with Gasteiger partial charge in [0.1, 0.15) is 0 Å². The lowest BCUT2D eigenvalue weighted by Crippen LogP contribution is -2.40. The van der Waals surface area contributed by atoms with Crippen molar-refractivity contribution in [1.29, 1.82) is 0 Å². The molecule has 1 aliphatic rings. The van der Waals surface area contributed by atoms with Crippen LogP contribution in [0.4, 0.5) is 0 Å². The van der Waals surface area contributed by atoms with Crippen molar-refractivity contribution in [2.75, 3.05) is 45.3 Å². The van der Waals surface area contributed by atoms with E-state index in [0.29, 0.717) is 49.9 Å². The van der Waals surface area contributed by atoms with Gasteiger partial charge >= 0.3 is 0 Å². The average molecular weight is 400 g/mol. The van der Waals surface area contributed by atoms with E-state index in [9.17, 15) is 8.42 Å². The summed E-state index contributed by atoms with van der Waals surface area (Å²) in [5.41, 5.74) is 1.66. The quantitative estimate of drug-likeness (QED) is 0.501. The minimum atomic E-state index is -3.51. The third kappa shape index (κ3) is 4.07. The first kappa shape index (κ1) is 19.6. The second-order valence-electron chi connectivity index (χ2n) is 5.85. The smallest absolute Gasteiger partial charge is 0.243 e. The van der Waals surface area contributed by atoms with Gasteiger partial charge in [0.2, 0.25) is 10.0 Å². The molecule has 7 nitrogen and oxygen atoms in total. The summed E-state index contributed by atoms with van der Waals surface area (Å²) < 4.78 is 39.9. The molecule has 26 heavy (non-hydrogen) atoms. The van der Waals surface area contributed by atoms with E-state index in [4.69, 9.17) is 9.47 Å². The zero-order chi connectivity index (χ0) is 18.6. The molecule has 0 amide bonds. The molecule has 0 atom stereocenters. The summed E-state index contributed by atoms with van der Waals surface area (Å²) in [5, 5.41) is 0.892. The third-order valence-corrected chi connectivity index (χ3v) is 7.11. The Balaban J connectivity index is 1.88. The fraction of sp³-hybridized carbons (Fsp3) is 0.588. The zero-order valence-corrected chi connectivity index (χ0v) is 16.8. The summed E-state index contributed by atoms with van der Waals surface area (Å²) in [6.45, 7) is 7.85. The van der Waals surface area contributed by atoms with Crippen LogP contribution in [0.2, 0.25) is 0 Å². The van der Waals surface area contributed by atoms with Crippen LogP contribution in [-0.2, 0) is 26.0 Å². The molecule has 0 spiro atoms. The summed E-state index contributed by atoms with van der Waals surface area (Å²) in [6.07, 6.45) is 0. The van der Waals surface area contributed by atoms with Crippen molar-refractivity contribution in [2.24, 2.45) is 0 Å². The van der Waals surface area contributed by atoms with Gasteiger partial charge in [-0.15, -0.1) is 0 Å². The van der Waals surface area contributed by atoms with E-state index >= 15 is 0 Å². The minimum Gasteiger partial charge on any atom is -0.381 e. The molecule has 0 bridgehead atoms. The van der Waals surface area contributed by atoms with Gasteiger partial charge in [-0.05, 0) is 32.0 Å². The molecule has 1 aromatic carbocycles. The first-order valence-electron chi connectivity index (χ1n) is 8.86. The SMILES string of the molecule is CCOCCSc1nc2cc(S(=O)(=O)N3CCOCC3)ccc2n1CC. The molecule has 0 radical (unpaired) electrons. The molecule has 0 aliphatic carbocycles. The summed E-state index contributed by atoms with van der Waals surface area (Å²) in [7, 11) is -3.51. The van der Waals surface area contributed by atoms with Crippen molar-refractivity contribution >= 4 is 32.8 Å². The van der Waals surface area contributed by atoms with E-state index in [-0.39, 0.29) is 0 Å². The number of aromatic nitrogens is 2. The van der Waals surface area contributed by atoms with Crippen molar-refractivity contribution in [3.8, 4) is 0 Å². The van der Waals surface area contributed by atoms with E-state index in [2.05, 4.69) is 16.5 Å². The van der Waals surface area contributed by atoms with E-state index in [0.717, 1.165) is 23.0 Å². The number of ether oxygens (including phenoxy) is 2. The number of thioether (sulfide) groups is 1. The number of aryl methyl sites for hydroxylation is 1. The van der Waals surface area contributed by atoms with E-state index in [1.165, 1.54) is 4.31 Å². The maximum Gasteiger partial charge on any atom is 0.243 e. The predicted molar refractivity (Wildman–Crippen MR) is 102 cm³/mol. The molecule has 1 fully saturated rings. The van der Waals surface area contributed by atoms with E-state index in [1.54, 1.807) is 23.9 Å². The van der Waals surface area contributed by atoms with Gasteiger partial charge in [0, 0.05) is 32.0 Å². The van der Waals surface area contributed by atoms with Gasteiger partial charge in [-0.1, -0.05) is 11.8 Å². The number of imidazole rings is 1. The van der Waals surface area contributed by atoms with Gasteiger partial charge in [-0.25, -0.2) is 13.4 Å². The Morgan fingerprint density at radius 3 is 2.73 bits per heavy atom. The van der Waals surface area contributed by atoms with Gasteiger partial charge in [0.25, 0.3) is 0 Å². The second-order valence-corrected chi connectivity index (χ2v) is 8.85. The van der Waals surface area contributed by atoms with Crippen molar-refractivity contribution in [1.82, 2.24) is 13.9 Å². The normalized spacial score (nSPS) is 16.4. The van der Waals surface area contributed by atoms with Crippen LogP contribution < -0.4 is 0 Å². The second kappa shape index (κ2) is 8.71. The molecule has 2 aromatic rings. The highest BCUT2D eigenvalue weighted by Crippen LogP contribution is 2.27. The Hall–Kier alpha value is -1.13. The average Bonchev–Trinajstić information content (AvgIpc) is 3.02. The van der Waals surface area contributed by atoms with Gasteiger partial charge in [0.15, 0.2) is 5.16 Å². The van der Waals surface area contributed by atoms with Gasteiger partial charge in [0.05, 0.1) is 35.7 Å². The lowest BCUT2D eigenvalue weighted by Gasteiger charge is -2.26. The molecule has 1 aromatic heterocycles. The topological polar surface area (TPSA) is 73.7 Å². The third-order valence-electron chi connectivity index (χ3n) is 4.27. The van der Waals surface area contributed by atoms with Gasteiger partial charge in [-0.3, -0.25) is 0 Å². The number of benzene rings is 1. The molecular formula is C17H25N3O4S2. The molecule has 0 N–H and O–H groups in total. The fourth-order valence-electron chi connectivity index (χ4n) is 2.94. The van der Waals surface area contributed by atoms with E-state index in [1.807, 2.05) is 13.0 Å². The number of morpholine rings is 1. The highest BCUT2D eigenvalue weighted by Gasteiger charge is 2.27. The Labute approximate surface area is 158 Å². The largest absolute Gasteiger partial charge is 0.381 e. The molecule has 3 rings (SSSR count). The highest BCUT2D eigenvalue weighted by atomic mass is 32.2. The summed E-state index contributed by atoms with van der Waals surface area (Å²) in [4.78, 5) is 4.95. The molecular weight excluding hydrogens is 374 g/mol. The monoisotopic (exact) mass is 399 g/mol. The zero-order valence-electron chi connectivity index (χ0n) is 15.2. The highest BCUT2D eigenvalue weighted by molar-refractivity contribution is 7.99. The summed E-state index contributed by atoms with van der Waals surface area (Å²) >= 11 is 1.63. The van der Waals surface area contributed by atoms with Gasteiger partial charge in [-0.2, -0.15) is 4.31 Å². The maximum atomic E-state index is 12.9. The van der Waals surface area contributed by atoms with Crippen LogP contribution in [-0.4, -0.2) is 67.5 Å². The molecule has 0 unspecified atom stereocenters. The Kier molecular flexibility index (Phi) is 6.57. The lowest BCUT2D eigenvalue weighted by molar-refractivity contribution is 0.0730. The van der Waals surface area contributed by atoms with E-state index < -0.39 is 10.0 Å². The van der Waals surface area contributed by atoms with Crippen LogP contribution >= 0.6 is 11.8 Å². The number of hydrogen-bond donors (Lipinski definition) is 0. The number of sulfonamides is 1. The number of rotatable bonds is 8. The predicted octanol–water partition coefficient (Wildman–Crippen LogP) is 2.21. The molecule has 1 aliphatic heterocycles. The Bertz CT molecular complexity index is 845. The first-order valence-corrected chi connectivity index (χ1v) is 11.3. The molecule has 2 heterocycles. The van der Waals surface area contributed by atoms with Crippen molar-refractivity contribution < 1.29 is 17.9 Å². The minimum absolute atomic E-state index is 0.290. The Morgan fingerprint density at radius 2 is 2.04 bits per heavy atom. The van der Waals surface area contributed by atoms with Crippen LogP contribution in [0.1, 0.15) is 13.8 Å². The lowest BCUT2D eigenvalue weighted by atomic mass is 10.3. The van der Waals surface area contributed by atoms with Crippen molar-refractivity contribution in [3.05, 3.63) is 18.2 Å². The number of hydrogen-bond acceptors (Lipinski definition) is 6. The van der Waals surface area contributed by atoms with Crippen LogP contribution in [0.3, 0.4) is 0 Å². The standard InChI is InChI=1S/C17H25N3O4S2/c1-3-20-16-6-5-14(26(21,22)19-7-9-24-10-8-19)13-15(16)18-17(20)25-12-11-23-4-2/h5-6,13H,3-4,7-12H2,1-2H3. The molecule has 144 valence electrons. The number of fused-ring (bicyclic) bond motifs is 1. The van der Waals surface area contributed by atoms with Crippen LogP contribution in [0.15, 0.2) is 28.3 Å². The number of nitrogens with zero attached hydrogens (tertiary/aromatic N) is 3. The maximum absolute atomic E-state index is 12.9. The molecule has 0 saturated carbocycles. The summed E-state index contributed by atoms with van der Waals surface area (Å²) in [5.74, 6) is 0.816. The Morgan fingerprint density at radius 1 is 1.27 bits per heavy atom. The first-order chi connectivity index (χ1) is 12.6. The fourth-order valence-corrected chi connectivity index (χ4v) is 5.29. The van der Waals surface area contributed by atoms with Gasteiger partial charge < -0.3 is 14.0 Å². The summed E-state index contributed by atoms with van der Waals surface area (Å²) in [6, 6.07) is 5.21. The molecule has 9 heteroatoms. The van der Waals surface area contributed by atoms with Crippen molar-refractivity contribution in [2.45, 2.75) is 30.4 Å². The van der Waals surface area contributed by atoms with Crippen molar-refractivity contribution in [3.63, 3.8) is 0 Å².